The Balaban J connectivity index is 1.68. The summed E-state index contributed by atoms with van der Waals surface area (Å²) in [5.41, 5.74) is 1.13. The Morgan fingerprint density at radius 2 is 2.04 bits per heavy atom. The third kappa shape index (κ3) is 3.64. The summed E-state index contributed by atoms with van der Waals surface area (Å²) < 4.78 is 30.3. The average Bonchev–Trinajstić information content (AvgIpc) is 3.21. The van der Waals surface area contributed by atoms with Crippen molar-refractivity contribution >= 4 is 27.3 Å². The van der Waals surface area contributed by atoms with E-state index in [-0.39, 0.29) is 17.2 Å². The van der Waals surface area contributed by atoms with E-state index < -0.39 is 10.0 Å². The molecule has 1 aliphatic carbocycles. The van der Waals surface area contributed by atoms with Gasteiger partial charge in [0.2, 0.25) is 15.9 Å². The van der Waals surface area contributed by atoms with Crippen LogP contribution in [0.15, 0.2) is 18.2 Å². The number of hydrogen-bond donors (Lipinski definition) is 3. The van der Waals surface area contributed by atoms with Crippen molar-refractivity contribution in [3.63, 3.8) is 0 Å². The highest BCUT2D eigenvalue weighted by molar-refractivity contribution is 7.92. The summed E-state index contributed by atoms with van der Waals surface area (Å²) in [6, 6.07) is 4.89. The molecule has 1 saturated carbocycles. The molecule has 24 heavy (non-hydrogen) atoms. The van der Waals surface area contributed by atoms with Gasteiger partial charge < -0.3 is 15.4 Å². The van der Waals surface area contributed by atoms with Crippen LogP contribution in [0.4, 0.5) is 11.4 Å². The molecule has 8 heteroatoms. The predicted octanol–water partition coefficient (Wildman–Crippen LogP) is 1.39. The Hall–Kier alpha value is -1.80. The highest BCUT2D eigenvalue weighted by atomic mass is 32.2. The Bertz CT molecular complexity index is 742. The van der Waals surface area contributed by atoms with Crippen LogP contribution in [0.5, 0.6) is 5.75 Å². The van der Waals surface area contributed by atoms with E-state index in [4.69, 9.17) is 4.74 Å². The third-order valence-electron chi connectivity index (χ3n) is 4.87. The quantitative estimate of drug-likeness (QED) is 0.743. The minimum atomic E-state index is -3.39. The molecule has 1 aliphatic heterocycles. The van der Waals surface area contributed by atoms with Crippen LogP contribution in [0.25, 0.3) is 0 Å². The molecule has 1 amide bonds. The first-order chi connectivity index (χ1) is 11.3. The molecular formula is C16H23N3O4S. The number of carbonyl (C=O) groups excluding carboxylic acids is 1. The molecule has 2 aliphatic rings. The number of piperidine rings is 1. The van der Waals surface area contributed by atoms with E-state index in [0.717, 1.165) is 38.6 Å². The summed E-state index contributed by atoms with van der Waals surface area (Å²) in [6.07, 6.45) is 4.12. The maximum Gasteiger partial charge on any atom is 0.229 e. The molecule has 0 radical (unpaired) electrons. The number of rotatable bonds is 5. The van der Waals surface area contributed by atoms with Gasteiger partial charge in [0, 0.05) is 17.7 Å². The molecule has 132 valence electrons. The summed E-state index contributed by atoms with van der Waals surface area (Å²) in [5, 5.41) is 6.25. The summed E-state index contributed by atoms with van der Waals surface area (Å²) in [4.78, 5) is 12.5. The first kappa shape index (κ1) is 17.0. The van der Waals surface area contributed by atoms with Gasteiger partial charge in [-0.3, -0.25) is 9.52 Å². The van der Waals surface area contributed by atoms with Crippen molar-refractivity contribution in [2.75, 3.05) is 36.5 Å². The van der Waals surface area contributed by atoms with Crippen molar-refractivity contribution < 1.29 is 17.9 Å². The normalized spacial score (nSPS) is 22.0. The summed E-state index contributed by atoms with van der Waals surface area (Å²) in [7, 11) is -1.93. The summed E-state index contributed by atoms with van der Waals surface area (Å²) in [5.74, 6) is 0.466. The number of benzene rings is 1. The van der Waals surface area contributed by atoms with Gasteiger partial charge in [-0.2, -0.15) is 0 Å². The van der Waals surface area contributed by atoms with Crippen LogP contribution in [0.1, 0.15) is 19.3 Å². The second kappa shape index (κ2) is 6.25. The monoisotopic (exact) mass is 353 g/mol. The van der Waals surface area contributed by atoms with E-state index in [1.807, 2.05) is 0 Å². The van der Waals surface area contributed by atoms with Crippen molar-refractivity contribution in [2.24, 2.45) is 11.3 Å². The lowest BCUT2D eigenvalue weighted by Gasteiger charge is -2.23. The molecular weight excluding hydrogens is 330 g/mol. The largest absolute Gasteiger partial charge is 0.494 e. The van der Waals surface area contributed by atoms with Crippen LogP contribution in [-0.2, 0) is 14.8 Å². The zero-order valence-electron chi connectivity index (χ0n) is 13.9. The molecule has 1 unspecified atom stereocenters. The van der Waals surface area contributed by atoms with Gasteiger partial charge in [-0.05, 0) is 49.9 Å². The van der Waals surface area contributed by atoms with Crippen LogP contribution in [0.2, 0.25) is 0 Å². The standard InChI is InChI=1S/C16H23N3O4S/c1-23-14-9-11(3-4-13(14)19-24(2,21)22)18-15(20)12-10-16(12)5-7-17-8-6-16/h3-4,9,12,17,19H,5-8,10H2,1-2H3,(H,18,20). The molecule has 0 bridgehead atoms. The average molecular weight is 353 g/mol. The van der Waals surface area contributed by atoms with Crippen molar-refractivity contribution in [3.05, 3.63) is 18.2 Å². The lowest BCUT2D eigenvalue weighted by Crippen LogP contribution is -2.31. The zero-order valence-corrected chi connectivity index (χ0v) is 14.7. The van der Waals surface area contributed by atoms with Crippen LogP contribution >= 0.6 is 0 Å². The smallest absolute Gasteiger partial charge is 0.229 e. The fourth-order valence-electron chi connectivity index (χ4n) is 3.48. The Morgan fingerprint density at radius 1 is 1.33 bits per heavy atom. The van der Waals surface area contributed by atoms with Gasteiger partial charge in [0.25, 0.3) is 0 Å². The highest BCUT2D eigenvalue weighted by Gasteiger charge is 2.57. The highest BCUT2D eigenvalue weighted by Crippen LogP contribution is 2.58. The van der Waals surface area contributed by atoms with Gasteiger partial charge in [-0.25, -0.2) is 8.42 Å². The predicted molar refractivity (Wildman–Crippen MR) is 92.7 cm³/mol. The molecule has 0 aromatic heterocycles. The Morgan fingerprint density at radius 3 is 2.67 bits per heavy atom. The van der Waals surface area contributed by atoms with E-state index in [0.29, 0.717) is 17.1 Å². The molecule has 3 N–H and O–H groups in total. The summed E-state index contributed by atoms with van der Waals surface area (Å²) in [6.45, 7) is 1.95. The Kier molecular flexibility index (Phi) is 4.44. The molecule has 1 aromatic rings. The first-order valence-electron chi connectivity index (χ1n) is 8.00. The number of ether oxygens (including phenoxy) is 1. The number of methoxy groups -OCH3 is 1. The molecule has 3 rings (SSSR count). The van der Waals surface area contributed by atoms with E-state index in [9.17, 15) is 13.2 Å². The number of nitrogens with one attached hydrogen (secondary N) is 3. The Labute approximate surface area is 142 Å². The molecule has 1 spiro atoms. The van der Waals surface area contributed by atoms with E-state index in [1.54, 1.807) is 18.2 Å². The molecule has 2 fully saturated rings. The fourth-order valence-corrected chi connectivity index (χ4v) is 4.05. The van der Waals surface area contributed by atoms with E-state index >= 15 is 0 Å². The maximum atomic E-state index is 12.5. The van der Waals surface area contributed by atoms with Crippen molar-refractivity contribution in [3.8, 4) is 5.75 Å². The van der Waals surface area contributed by atoms with Gasteiger partial charge in [-0.1, -0.05) is 0 Å². The molecule has 7 nitrogen and oxygen atoms in total. The van der Waals surface area contributed by atoms with E-state index in [1.165, 1.54) is 7.11 Å². The number of carbonyl (C=O) groups is 1. The van der Waals surface area contributed by atoms with Crippen molar-refractivity contribution in [1.29, 1.82) is 0 Å². The zero-order chi connectivity index (χ0) is 17.4. The second-order valence-corrected chi connectivity index (χ2v) is 8.40. The topological polar surface area (TPSA) is 96.5 Å². The second-order valence-electron chi connectivity index (χ2n) is 6.65. The lowest BCUT2D eigenvalue weighted by molar-refractivity contribution is -0.118. The maximum absolute atomic E-state index is 12.5. The van der Waals surface area contributed by atoms with Gasteiger partial charge >= 0.3 is 0 Å². The van der Waals surface area contributed by atoms with Crippen molar-refractivity contribution in [2.45, 2.75) is 19.3 Å². The van der Waals surface area contributed by atoms with Gasteiger partial charge in [-0.15, -0.1) is 0 Å². The minimum Gasteiger partial charge on any atom is -0.494 e. The number of sulfonamides is 1. The molecule has 1 heterocycles. The van der Waals surface area contributed by atoms with Crippen LogP contribution < -0.4 is 20.1 Å². The first-order valence-corrected chi connectivity index (χ1v) is 9.90. The minimum absolute atomic E-state index is 0.0303. The summed E-state index contributed by atoms with van der Waals surface area (Å²) >= 11 is 0. The SMILES string of the molecule is COc1cc(NC(=O)C2CC23CCNCC3)ccc1NS(C)(=O)=O. The number of amides is 1. The fraction of sp³-hybridized carbons (Fsp3) is 0.562. The molecule has 1 aromatic carbocycles. The molecule has 1 atom stereocenters. The van der Waals surface area contributed by atoms with Gasteiger partial charge in [0.1, 0.15) is 5.75 Å². The van der Waals surface area contributed by atoms with Crippen LogP contribution in [0.3, 0.4) is 0 Å². The van der Waals surface area contributed by atoms with E-state index in [2.05, 4.69) is 15.4 Å². The van der Waals surface area contributed by atoms with Gasteiger partial charge in [0.05, 0.1) is 19.1 Å². The van der Waals surface area contributed by atoms with Crippen LogP contribution in [0, 0.1) is 11.3 Å². The lowest BCUT2D eigenvalue weighted by atomic mass is 9.92. The van der Waals surface area contributed by atoms with Crippen molar-refractivity contribution in [1.82, 2.24) is 5.32 Å². The number of anilines is 2. The molecule has 1 saturated heterocycles. The number of hydrogen-bond acceptors (Lipinski definition) is 5. The third-order valence-corrected chi connectivity index (χ3v) is 5.46. The van der Waals surface area contributed by atoms with Gasteiger partial charge in [0.15, 0.2) is 0 Å². The van der Waals surface area contributed by atoms with Crippen LogP contribution in [-0.4, -0.2) is 40.8 Å².